The summed E-state index contributed by atoms with van der Waals surface area (Å²) in [5.74, 6) is 0.729. The zero-order valence-corrected chi connectivity index (χ0v) is 13.4. The van der Waals surface area contributed by atoms with Crippen molar-refractivity contribution in [3.63, 3.8) is 0 Å². The third-order valence-corrected chi connectivity index (χ3v) is 8.19. The van der Waals surface area contributed by atoms with Crippen LogP contribution in [0.1, 0.15) is 34.6 Å². The molecule has 16 heavy (non-hydrogen) atoms. The molecule has 0 bridgehead atoms. The Hall–Kier alpha value is 0.235. The van der Waals surface area contributed by atoms with E-state index in [2.05, 4.69) is 20.8 Å². The fourth-order valence-electron chi connectivity index (χ4n) is 1.43. The monoisotopic (exact) mass is 256 g/mol. The van der Waals surface area contributed by atoms with Crippen molar-refractivity contribution in [1.29, 1.82) is 0 Å². The van der Waals surface area contributed by atoms with E-state index in [1.807, 2.05) is 6.92 Å². The molecule has 0 N–H and O–H groups in total. The van der Waals surface area contributed by atoms with Crippen molar-refractivity contribution in [2.24, 2.45) is 0 Å². The lowest BCUT2D eigenvalue weighted by atomic mass is 10.4. The summed E-state index contributed by atoms with van der Waals surface area (Å²) < 4.78 is 11.8. The van der Waals surface area contributed by atoms with Crippen LogP contribution < -0.4 is 0 Å². The van der Waals surface area contributed by atoms with Gasteiger partial charge in [0.1, 0.15) is 0 Å². The SMILES string of the molecule is C[CH2][Al]([CH2]C)[O][Al]([CH2]C)[O]/C(C)=C\C(C)=O. The van der Waals surface area contributed by atoms with Crippen LogP contribution >= 0.6 is 0 Å². The van der Waals surface area contributed by atoms with Gasteiger partial charge in [0.05, 0.1) is 5.76 Å². The molecule has 0 aliphatic carbocycles. The van der Waals surface area contributed by atoms with Gasteiger partial charge >= 0.3 is 29.3 Å². The van der Waals surface area contributed by atoms with Crippen LogP contribution in [-0.4, -0.2) is 35.1 Å². The van der Waals surface area contributed by atoms with Crippen molar-refractivity contribution in [2.45, 2.75) is 50.5 Å². The van der Waals surface area contributed by atoms with Gasteiger partial charge in [0.25, 0.3) is 0 Å². The highest BCUT2D eigenvalue weighted by atomic mass is 27.3. The van der Waals surface area contributed by atoms with Crippen LogP contribution in [0.3, 0.4) is 0 Å². The number of carbonyl (C=O) groups is 1. The Morgan fingerprint density at radius 3 is 2.06 bits per heavy atom. The minimum atomic E-state index is -1.58. The van der Waals surface area contributed by atoms with Gasteiger partial charge in [-0.3, -0.25) is 4.79 Å². The predicted molar refractivity (Wildman–Crippen MR) is 69.6 cm³/mol. The molecule has 0 aromatic rings. The van der Waals surface area contributed by atoms with Gasteiger partial charge in [-0.25, -0.2) is 0 Å². The Balaban J connectivity index is 4.24. The van der Waals surface area contributed by atoms with Gasteiger partial charge in [-0.1, -0.05) is 31.3 Å². The summed E-state index contributed by atoms with van der Waals surface area (Å²) in [5.41, 5.74) is 0. The largest absolute Gasteiger partial charge is 0.733 e. The molecule has 0 rings (SSSR count). The van der Waals surface area contributed by atoms with Crippen molar-refractivity contribution in [3.05, 3.63) is 11.8 Å². The summed E-state index contributed by atoms with van der Waals surface area (Å²) in [7, 11) is 0. The van der Waals surface area contributed by atoms with Crippen LogP contribution in [0.4, 0.5) is 0 Å². The smallest absolute Gasteiger partial charge is 0.626 e. The fraction of sp³-hybridized carbons (Fsp3) is 0.727. The number of ketones is 1. The number of hydrogen-bond donors (Lipinski definition) is 0. The van der Waals surface area contributed by atoms with Crippen LogP contribution in [0, 0.1) is 0 Å². The molecule has 0 spiro atoms. The van der Waals surface area contributed by atoms with E-state index < -0.39 is 29.3 Å². The van der Waals surface area contributed by atoms with Gasteiger partial charge in [0, 0.05) is 6.08 Å². The lowest BCUT2D eigenvalue weighted by Gasteiger charge is -2.18. The molecule has 0 amide bonds. The fourth-order valence-corrected chi connectivity index (χ4v) is 6.91. The number of rotatable bonds is 8. The van der Waals surface area contributed by atoms with Crippen molar-refractivity contribution in [1.82, 2.24) is 0 Å². The highest BCUT2D eigenvalue weighted by molar-refractivity contribution is 6.63. The molecule has 0 saturated carbocycles. The quantitative estimate of drug-likeness (QED) is 0.380. The molecule has 0 aliphatic rings. The summed E-state index contributed by atoms with van der Waals surface area (Å²) in [4.78, 5) is 10.9. The Morgan fingerprint density at radius 2 is 1.69 bits per heavy atom. The molecular weight excluding hydrogens is 234 g/mol. The van der Waals surface area contributed by atoms with Gasteiger partial charge in [-0.05, 0) is 19.1 Å². The van der Waals surface area contributed by atoms with Gasteiger partial charge in [-0.2, -0.15) is 0 Å². The molecule has 0 heterocycles. The van der Waals surface area contributed by atoms with Gasteiger partial charge in [0.15, 0.2) is 5.78 Å². The van der Waals surface area contributed by atoms with E-state index >= 15 is 0 Å². The van der Waals surface area contributed by atoms with Crippen molar-refractivity contribution in [2.75, 3.05) is 0 Å². The van der Waals surface area contributed by atoms with Gasteiger partial charge < -0.3 is 6.63 Å². The number of carbonyl (C=O) groups excluding carboxylic acids is 1. The van der Waals surface area contributed by atoms with Crippen LogP contribution in [0.5, 0.6) is 0 Å². The molecule has 0 fully saturated rings. The molecule has 5 heteroatoms. The zero-order chi connectivity index (χ0) is 12.6. The Morgan fingerprint density at radius 1 is 1.12 bits per heavy atom. The molecule has 0 radical (unpaired) electrons. The van der Waals surface area contributed by atoms with E-state index in [9.17, 15) is 4.79 Å². The summed E-state index contributed by atoms with van der Waals surface area (Å²) in [6, 6.07) is 0. The molecule has 0 aromatic carbocycles. The van der Waals surface area contributed by atoms with E-state index in [1.54, 1.807) is 0 Å². The van der Waals surface area contributed by atoms with Gasteiger partial charge in [0.2, 0.25) is 0 Å². The van der Waals surface area contributed by atoms with E-state index in [0.717, 1.165) is 15.8 Å². The lowest BCUT2D eigenvalue weighted by molar-refractivity contribution is -0.112. The number of hydrogen-bond acceptors (Lipinski definition) is 3. The first-order valence-electron chi connectivity index (χ1n) is 6.04. The maximum Gasteiger partial charge on any atom is 0.733 e. The van der Waals surface area contributed by atoms with E-state index in [1.165, 1.54) is 13.0 Å². The molecule has 3 nitrogen and oxygen atoms in total. The Labute approximate surface area is 109 Å². The second-order valence-corrected chi connectivity index (χ2v) is 9.77. The Kier molecular flexibility index (Phi) is 9.42. The van der Waals surface area contributed by atoms with Crippen molar-refractivity contribution >= 4 is 35.1 Å². The maximum atomic E-state index is 10.9. The van der Waals surface area contributed by atoms with Crippen LogP contribution in [0.2, 0.25) is 15.8 Å². The minimum absolute atomic E-state index is 0.0288. The van der Waals surface area contributed by atoms with Crippen LogP contribution in [0.15, 0.2) is 11.8 Å². The summed E-state index contributed by atoms with van der Waals surface area (Å²) in [6.07, 6.45) is 1.54. The molecule has 0 aliphatic heterocycles. The first-order chi connectivity index (χ1) is 7.53. The van der Waals surface area contributed by atoms with Crippen molar-refractivity contribution in [3.8, 4) is 0 Å². The first-order valence-corrected chi connectivity index (χ1v) is 9.90. The average molecular weight is 256 g/mol. The highest BCUT2D eigenvalue weighted by Crippen LogP contribution is 2.09. The molecule has 90 valence electrons. The second kappa shape index (κ2) is 9.28. The molecule has 0 unspecified atom stereocenters. The second-order valence-electron chi connectivity index (χ2n) is 3.90. The van der Waals surface area contributed by atoms with Gasteiger partial charge in [-0.15, -0.1) is 0 Å². The summed E-state index contributed by atoms with van der Waals surface area (Å²) >= 11 is -2.62. The van der Waals surface area contributed by atoms with E-state index in [4.69, 9.17) is 6.63 Å². The molecule has 0 aromatic heterocycles. The van der Waals surface area contributed by atoms with Crippen LogP contribution in [0.25, 0.3) is 0 Å². The topological polar surface area (TPSA) is 35.5 Å². The zero-order valence-electron chi connectivity index (χ0n) is 11.1. The maximum absolute atomic E-state index is 10.9. The third kappa shape index (κ3) is 7.50. The van der Waals surface area contributed by atoms with Crippen LogP contribution in [-0.2, 0) is 11.4 Å². The standard InChI is InChI=1S/C5H8O2.3C2H5.2Al.O/c1-4(6)3-5(2)7;3*1-2;;;/h3,6H,1-2H3;3*1H2,2H3;;;/q;;;;;+1;/p-1/b4-3-;;;;;;. The molecular formula is C11H22Al2O3. The van der Waals surface area contributed by atoms with E-state index in [-0.39, 0.29) is 5.78 Å². The summed E-state index contributed by atoms with van der Waals surface area (Å²) in [5, 5.41) is 3.25. The molecule has 0 atom stereocenters. The predicted octanol–water partition coefficient (Wildman–Crippen LogP) is 3.05. The van der Waals surface area contributed by atoms with Crippen molar-refractivity contribution < 1.29 is 11.4 Å². The summed E-state index contributed by atoms with van der Waals surface area (Å²) in [6.45, 7) is 9.81. The lowest BCUT2D eigenvalue weighted by Crippen LogP contribution is -2.30. The average Bonchev–Trinajstić information content (AvgIpc) is 2.22. The minimum Gasteiger partial charge on any atom is -0.626 e. The molecule has 0 saturated heterocycles. The third-order valence-electron chi connectivity index (χ3n) is 2.31. The van der Waals surface area contributed by atoms with E-state index in [0.29, 0.717) is 5.76 Å². The Bertz CT molecular complexity index is 237. The first kappa shape index (κ1) is 16.2. The normalized spacial score (nSPS) is 11.2. The number of allylic oxidation sites excluding steroid dienone is 2. The highest BCUT2D eigenvalue weighted by Gasteiger charge is 2.30.